The predicted molar refractivity (Wildman–Crippen MR) is 116 cm³/mol. The molecule has 158 valence electrons. The Labute approximate surface area is 179 Å². The highest BCUT2D eigenvalue weighted by Crippen LogP contribution is 2.21. The van der Waals surface area contributed by atoms with Crippen LogP contribution in [0.4, 0.5) is 0 Å². The van der Waals surface area contributed by atoms with E-state index in [0.29, 0.717) is 11.5 Å². The summed E-state index contributed by atoms with van der Waals surface area (Å²) in [5, 5.41) is 7.40. The van der Waals surface area contributed by atoms with Gasteiger partial charge in [-0.3, -0.25) is 4.79 Å². The summed E-state index contributed by atoms with van der Waals surface area (Å²) in [5.41, 5.74) is 3.30. The molecule has 0 aliphatic rings. The molecule has 1 amide bonds. The zero-order valence-electron chi connectivity index (χ0n) is 17.6. The van der Waals surface area contributed by atoms with Gasteiger partial charge in [-0.25, -0.2) is 14.5 Å². The normalized spacial score (nSPS) is 11.8. The summed E-state index contributed by atoms with van der Waals surface area (Å²) in [7, 11) is 3.24. The fourth-order valence-corrected chi connectivity index (χ4v) is 3.20. The number of hydrogen-bond acceptors (Lipinski definition) is 6. The fourth-order valence-electron chi connectivity index (χ4n) is 3.20. The van der Waals surface area contributed by atoms with Crippen molar-refractivity contribution in [1.82, 2.24) is 24.9 Å². The van der Waals surface area contributed by atoms with Gasteiger partial charge in [-0.15, -0.1) is 5.10 Å². The summed E-state index contributed by atoms with van der Waals surface area (Å²) in [4.78, 5) is 21.5. The molecule has 0 unspecified atom stereocenters. The average Bonchev–Trinajstić information content (AvgIpc) is 3.23. The van der Waals surface area contributed by atoms with Gasteiger partial charge >= 0.3 is 0 Å². The molecule has 8 nitrogen and oxygen atoms in total. The number of amides is 1. The topological polar surface area (TPSA) is 90.6 Å². The second-order valence-electron chi connectivity index (χ2n) is 7.09. The minimum absolute atomic E-state index is 0.103. The summed E-state index contributed by atoms with van der Waals surface area (Å²) in [6, 6.07) is 16.6. The molecule has 2 aromatic carbocycles. The van der Waals surface area contributed by atoms with Gasteiger partial charge < -0.3 is 14.8 Å². The quantitative estimate of drug-likeness (QED) is 0.497. The number of ether oxygens (including phenoxy) is 2. The van der Waals surface area contributed by atoms with Crippen LogP contribution in [0.15, 0.2) is 60.9 Å². The summed E-state index contributed by atoms with van der Waals surface area (Å²) >= 11 is 0. The number of nitrogens with one attached hydrogen (secondary N) is 1. The molecule has 2 heterocycles. The van der Waals surface area contributed by atoms with E-state index in [1.165, 1.54) is 0 Å². The van der Waals surface area contributed by atoms with Gasteiger partial charge in [0.25, 0.3) is 0 Å². The summed E-state index contributed by atoms with van der Waals surface area (Å²) < 4.78 is 11.9. The molecule has 2 aromatic heterocycles. The van der Waals surface area contributed by atoms with Crippen LogP contribution >= 0.6 is 0 Å². The third-order valence-corrected chi connectivity index (χ3v) is 4.92. The molecule has 0 aliphatic carbocycles. The van der Waals surface area contributed by atoms with Gasteiger partial charge in [0.05, 0.1) is 32.4 Å². The number of benzene rings is 2. The minimum atomic E-state index is -0.338. The van der Waals surface area contributed by atoms with Gasteiger partial charge in [-0.05, 0) is 48.9 Å². The zero-order chi connectivity index (χ0) is 21.8. The van der Waals surface area contributed by atoms with Crippen molar-refractivity contribution in [3.8, 4) is 22.8 Å². The number of nitrogens with zero attached hydrogens (tertiary/aromatic N) is 4. The van der Waals surface area contributed by atoms with E-state index in [0.717, 1.165) is 28.3 Å². The highest BCUT2D eigenvalue weighted by Gasteiger charge is 2.16. The lowest BCUT2D eigenvalue weighted by atomic mass is 10.1. The maximum atomic E-state index is 12.4. The third kappa shape index (κ3) is 4.63. The predicted octanol–water partition coefficient (Wildman–Crippen LogP) is 3.23. The van der Waals surface area contributed by atoms with Gasteiger partial charge in [-0.1, -0.05) is 12.1 Å². The maximum absolute atomic E-state index is 12.4. The molecule has 1 N–H and O–H groups in total. The molecule has 8 heteroatoms. The lowest BCUT2D eigenvalue weighted by Crippen LogP contribution is -2.28. The Hall–Kier alpha value is -3.94. The Balaban J connectivity index is 1.46. The highest BCUT2D eigenvalue weighted by atomic mass is 16.5. The van der Waals surface area contributed by atoms with Crippen LogP contribution in [-0.2, 0) is 11.2 Å². The number of aromatic nitrogens is 4. The number of hydrogen-bond donors (Lipinski definition) is 1. The molecule has 0 radical (unpaired) electrons. The second-order valence-corrected chi connectivity index (χ2v) is 7.09. The first-order valence-electron chi connectivity index (χ1n) is 9.85. The fraction of sp³-hybridized carbons (Fsp3) is 0.217. The smallest absolute Gasteiger partial charge is 0.224 e. The molecule has 0 aliphatic heterocycles. The number of carbonyl (C=O) groups excluding carboxylic acids is 1. The summed E-state index contributed by atoms with van der Waals surface area (Å²) in [6.07, 6.45) is 1.89. The van der Waals surface area contributed by atoms with E-state index >= 15 is 0 Å². The van der Waals surface area contributed by atoms with Crippen molar-refractivity contribution in [2.45, 2.75) is 19.4 Å². The molecule has 0 bridgehead atoms. The Morgan fingerprint density at radius 1 is 1.03 bits per heavy atom. The van der Waals surface area contributed by atoms with E-state index in [1.807, 2.05) is 61.5 Å². The van der Waals surface area contributed by atoms with Crippen LogP contribution in [0.1, 0.15) is 24.4 Å². The molecular weight excluding hydrogens is 394 g/mol. The molecule has 4 rings (SSSR count). The lowest BCUT2D eigenvalue weighted by Gasteiger charge is -2.10. The van der Waals surface area contributed by atoms with Gasteiger partial charge in [0.15, 0.2) is 11.5 Å². The third-order valence-electron chi connectivity index (χ3n) is 4.92. The molecule has 0 saturated heterocycles. The molecular formula is C23H23N5O3. The Bertz CT molecular complexity index is 1190. The minimum Gasteiger partial charge on any atom is -0.497 e. The lowest BCUT2D eigenvalue weighted by molar-refractivity contribution is -0.121. The number of fused-ring (bicyclic) bond motifs is 1. The number of carbonyl (C=O) groups is 1. The van der Waals surface area contributed by atoms with E-state index in [2.05, 4.69) is 20.4 Å². The van der Waals surface area contributed by atoms with Crippen molar-refractivity contribution in [2.75, 3.05) is 14.2 Å². The van der Waals surface area contributed by atoms with Crippen LogP contribution in [0.2, 0.25) is 0 Å². The van der Waals surface area contributed by atoms with E-state index in [-0.39, 0.29) is 18.4 Å². The van der Waals surface area contributed by atoms with Crippen molar-refractivity contribution >= 4 is 11.6 Å². The van der Waals surface area contributed by atoms with Crippen LogP contribution in [-0.4, -0.2) is 39.7 Å². The van der Waals surface area contributed by atoms with Crippen LogP contribution < -0.4 is 14.8 Å². The molecule has 0 saturated carbocycles. The van der Waals surface area contributed by atoms with Crippen molar-refractivity contribution in [1.29, 1.82) is 0 Å². The maximum Gasteiger partial charge on any atom is 0.224 e. The SMILES string of the molecule is COc1ccc(CC(=O)N[C@@H](C)c2nc3cc(-c4ccc(OC)cc4)ncn3n2)cc1. The first kappa shape index (κ1) is 20.3. The number of methoxy groups -OCH3 is 2. The van der Waals surface area contributed by atoms with Crippen molar-refractivity contribution in [2.24, 2.45) is 0 Å². The Morgan fingerprint density at radius 3 is 2.32 bits per heavy atom. The standard InChI is InChI=1S/C23H23N5O3/c1-15(25-22(29)12-16-4-8-18(30-2)9-5-16)23-26-21-13-20(24-14-28(21)27-23)17-6-10-19(31-3)11-7-17/h4-11,13-15H,12H2,1-3H3,(H,25,29)/t15-/m0/s1. The van der Waals surface area contributed by atoms with Crippen molar-refractivity contribution in [3.05, 3.63) is 72.3 Å². The summed E-state index contributed by atoms with van der Waals surface area (Å²) in [5.74, 6) is 1.97. The van der Waals surface area contributed by atoms with E-state index in [4.69, 9.17) is 9.47 Å². The molecule has 1 atom stereocenters. The molecule has 4 aromatic rings. The second kappa shape index (κ2) is 8.83. The average molecular weight is 417 g/mol. The Morgan fingerprint density at radius 2 is 1.68 bits per heavy atom. The van der Waals surface area contributed by atoms with Crippen LogP contribution in [0.5, 0.6) is 11.5 Å². The number of rotatable bonds is 7. The molecule has 0 spiro atoms. The van der Waals surface area contributed by atoms with Crippen molar-refractivity contribution in [3.63, 3.8) is 0 Å². The first-order chi connectivity index (χ1) is 15.1. The highest BCUT2D eigenvalue weighted by molar-refractivity contribution is 5.79. The van der Waals surface area contributed by atoms with Crippen molar-refractivity contribution < 1.29 is 14.3 Å². The largest absolute Gasteiger partial charge is 0.497 e. The van der Waals surface area contributed by atoms with Crippen LogP contribution in [0, 0.1) is 0 Å². The van der Waals surface area contributed by atoms with Gasteiger partial charge in [0.1, 0.15) is 17.8 Å². The zero-order valence-corrected chi connectivity index (χ0v) is 17.6. The van der Waals surface area contributed by atoms with Gasteiger partial charge in [-0.2, -0.15) is 0 Å². The van der Waals surface area contributed by atoms with E-state index in [9.17, 15) is 4.79 Å². The van der Waals surface area contributed by atoms with Crippen LogP contribution in [0.3, 0.4) is 0 Å². The monoisotopic (exact) mass is 417 g/mol. The van der Waals surface area contributed by atoms with E-state index < -0.39 is 0 Å². The molecule has 0 fully saturated rings. The Kier molecular flexibility index (Phi) is 5.79. The molecule has 31 heavy (non-hydrogen) atoms. The van der Waals surface area contributed by atoms with E-state index in [1.54, 1.807) is 25.1 Å². The first-order valence-corrected chi connectivity index (χ1v) is 9.85. The summed E-state index contributed by atoms with van der Waals surface area (Å²) in [6.45, 7) is 1.86. The van der Waals surface area contributed by atoms with Gasteiger partial charge in [0, 0.05) is 11.6 Å². The van der Waals surface area contributed by atoms with Crippen LogP contribution in [0.25, 0.3) is 16.9 Å². The van der Waals surface area contributed by atoms with Gasteiger partial charge in [0.2, 0.25) is 5.91 Å².